The molecule has 0 fully saturated rings. The van der Waals surface area contributed by atoms with Crippen LogP contribution in [-0.4, -0.2) is 19.8 Å². The Bertz CT molecular complexity index is 817. The molecule has 0 saturated carbocycles. The number of rotatable bonds is 4. The highest BCUT2D eigenvalue weighted by Gasteiger charge is 2.18. The number of nitrogens with zero attached hydrogens (tertiary/aromatic N) is 2. The molecule has 2 N–H and O–H groups in total. The van der Waals surface area contributed by atoms with Crippen LogP contribution >= 0.6 is 0 Å². The molecule has 1 aromatic heterocycles. The number of hydrogen-bond acceptors (Lipinski definition) is 3. The van der Waals surface area contributed by atoms with Crippen LogP contribution in [0, 0.1) is 11.6 Å². The van der Waals surface area contributed by atoms with Gasteiger partial charge in [-0.1, -0.05) is 12.1 Å². The van der Waals surface area contributed by atoms with E-state index in [2.05, 4.69) is 4.98 Å². The third kappa shape index (κ3) is 2.58. The van der Waals surface area contributed by atoms with Gasteiger partial charge in [0, 0.05) is 5.56 Å². The molecular weight excluding hydrogens is 290 g/mol. The zero-order chi connectivity index (χ0) is 15.7. The van der Waals surface area contributed by atoms with Gasteiger partial charge in [0.15, 0.2) is 0 Å². The van der Waals surface area contributed by atoms with Gasteiger partial charge in [0.25, 0.3) is 0 Å². The minimum atomic E-state index is -1.25. The van der Waals surface area contributed by atoms with Crippen LogP contribution in [0.15, 0.2) is 42.5 Å². The molecule has 0 aliphatic carbocycles. The van der Waals surface area contributed by atoms with Gasteiger partial charge in [-0.2, -0.15) is 0 Å². The molecule has 22 heavy (non-hydrogen) atoms. The maximum atomic E-state index is 13.7. The Kier molecular flexibility index (Phi) is 3.87. The Hall–Kier alpha value is -2.31. The van der Waals surface area contributed by atoms with E-state index in [1.54, 1.807) is 22.8 Å². The lowest BCUT2D eigenvalue weighted by Gasteiger charge is -2.15. The first-order valence-electron chi connectivity index (χ1n) is 6.78. The topological polar surface area (TPSA) is 58.3 Å². The van der Waals surface area contributed by atoms with Crippen molar-refractivity contribution < 1.29 is 19.0 Å². The number of aliphatic hydroxyl groups excluding tert-OH is 2. The quantitative estimate of drug-likeness (QED) is 0.779. The highest BCUT2D eigenvalue weighted by Crippen LogP contribution is 2.23. The molecule has 0 unspecified atom stereocenters. The first-order valence-corrected chi connectivity index (χ1v) is 6.78. The average molecular weight is 304 g/mol. The smallest absolute Gasteiger partial charge is 0.135 e. The number of fused-ring (bicyclic) bond motifs is 1. The Balaban J connectivity index is 2.00. The molecule has 1 heterocycles. The summed E-state index contributed by atoms with van der Waals surface area (Å²) in [4.78, 5) is 4.25. The summed E-state index contributed by atoms with van der Waals surface area (Å²) in [6, 6.07) is 10.1. The summed E-state index contributed by atoms with van der Waals surface area (Å²) in [6.07, 6.45) is -1.25. The summed E-state index contributed by atoms with van der Waals surface area (Å²) >= 11 is 0. The van der Waals surface area contributed by atoms with Crippen LogP contribution in [0.5, 0.6) is 0 Å². The summed E-state index contributed by atoms with van der Waals surface area (Å²) in [5.74, 6) is -0.936. The van der Waals surface area contributed by atoms with E-state index in [9.17, 15) is 19.0 Å². The molecule has 3 aromatic rings. The molecule has 0 amide bonds. The zero-order valence-corrected chi connectivity index (χ0v) is 11.6. The van der Waals surface area contributed by atoms with Crippen LogP contribution in [0.2, 0.25) is 0 Å². The molecule has 0 aliphatic heterocycles. The van der Waals surface area contributed by atoms with E-state index >= 15 is 0 Å². The lowest BCUT2D eigenvalue weighted by Crippen LogP contribution is -2.13. The molecule has 0 saturated heterocycles. The Morgan fingerprint density at radius 3 is 2.68 bits per heavy atom. The molecule has 0 aliphatic rings. The fourth-order valence-corrected chi connectivity index (χ4v) is 2.49. The zero-order valence-electron chi connectivity index (χ0n) is 11.6. The summed E-state index contributed by atoms with van der Waals surface area (Å²) in [5.41, 5.74) is 1.25. The van der Waals surface area contributed by atoms with Gasteiger partial charge in [-0.15, -0.1) is 0 Å². The molecule has 0 bridgehead atoms. The second-order valence-electron chi connectivity index (χ2n) is 4.97. The minimum Gasteiger partial charge on any atom is -0.388 e. The van der Waals surface area contributed by atoms with Crippen molar-refractivity contribution in [3.63, 3.8) is 0 Å². The van der Waals surface area contributed by atoms with E-state index in [4.69, 9.17) is 0 Å². The molecule has 4 nitrogen and oxygen atoms in total. The fourth-order valence-electron chi connectivity index (χ4n) is 2.49. The van der Waals surface area contributed by atoms with Gasteiger partial charge < -0.3 is 14.8 Å². The number of benzene rings is 2. The standard InChI is InChI=1S/C16H14F2N2O2/c17-10-5-6-12(18)11(7-10)15(22)8-20-14-4-2-1-3-13(14)19-16(20)9-21/h1-7,15,21-22H,8-9H2/t15-/m1/s1. The number of halogens is 2. The van der Waals surface area contributed by atoms with Crippen LogP contribution in [-0.2, 0) is 13.2 Å². The van der Waals surface area contributed by atoms with Gasteiger partial charge in [-0.05, 0) is 30.3 Å². The van der Waals surface area contributed by atoms with Crippen molar-refractivity contribution in [3.05, 3.63) is 65.5 Å². The van der Waals surface area contributed by atoms with Crippen molar-refractivity contribution in [2.45, 2.75) is 19.3 Å². The second-order valence-corrected chi connectivity index (χ2v) is 4.97. The van der Waals surface area contributed by atoms with E-state index in [-0.39, 0.29) is 18.7 Å². The third-order valence-corrected chi connectivity index (χ3v) is 3.55. The molecular formula is C16H14F2N2O2. The molecule has 1 atom stereocenters. The van der Waals surface area contributed by atoms with Crippen molar-refractivity contribution in [2.75, 3.05) is 0 Å². The number of hydrogen-bond donors (Lipinski definition) is 2. The first kappa shape index (κ1) is 14.6. The first-order chi connectivity index (χ1) is 10.6. The number of aromatic nitrogens is 2. The summed E-state index contributed by atoms with van der Waals surface area (Å²) in [6.45, 7) is -0.343. The molecule has 2 aromatic carbocycles. The van der Waals surface area contributed by atoms with Gasteiger partial charge >= 0.3 is 0 Å². The van der Waals surface area contributed by atoms with Crippen LogP contribution in [0.25, 0.3) is 11.0 Å². The number of imidazole rings is 1. The Morgan fingerprint density at radius 1 is 1.14 bits per heavy atom. The van der Waals surface area contributed by atoms with E-state index in [1.807, 2.05) is 6.07 Å². The molecule has 0 spiro atoms. The number of para-hydroxylation sites is 2. The third-order valence-electron chi connectivity index (χ3n) is 3.55. The predicted molar refractivity (Wildman–Crippen MR) is 77.0 cm³/mol. The highest BCUT2D eigenvalue weighted by molar-refractivity contribution is 5.75. The monoisotopic (exact) mass is 304 g/mol. The minimum absolute atomic E-state index is 0.0310. The predicted octanol–water partition coefficient (Wildman–Crippen LogP) is 2.54. The number of aliphatic hydroxyl groups is 2. The average Bonchev–Trinajstić information content (AvgIpc) is 2.87. The fraction of sp³-hybridized carbons (Fsp3) is 0.188. The molecule has 6 heteroatoms. The van der Waals surface area contributed by atoms with Gasteiger partial charge in [-0.25, -0.2) is 13.8 Å². The summed E-state index contributed by atoms with van der Waals surface area (Å²) < 4.78 is 28.6. The van der Waals surface area contributed by atoms with E-state index in [1.165, 1.54) is 0 Å². The van der Waals surface area contributed by atoms with Gasteiger partial charge in [-0.3, -0.25) is 0 Å². The second kappa shape index (κ2) is 5.82. The summed E-state index contributed by atoms with van der Waals surface area (Å²) in [5, 5.41) is 19.6. The van der Waals surface area contributed by atoms with Crippen LogP contribution in [0.1, 0.15) is 17.5 Å². The molecule has 114 valence electrons. The van der Waals surface area contributed by atoms with E-state index in [0.717, 1.165) is 18.2 Å². The van der Waals surface area contributed by atoms with Crippen molar-refractivity contribution in [1.82, 2.24) is 9.55 Å². The van der Waals surface area contributed by atoms with Crippen LogP contribution in [0.4, 0.5) is 8.78 Å². The van der Waals surface area contributed by atoms with E-state index in [0.29, 0.717) is 16.9 Å². The van der Waals surface area contributed by atoms with Crippen molar-refractivity contribution in [1.29, 1.82) is 0 Å². The van der Waals surface area contributed by atoms with Crippen LogP contribution in [0.3, 0.4) is 0 Å². The highest BCUT2D eigenvalue weighted by atomic mass is 19.1. The van der Waals surface area contributed by atoms with Crippen molar-refractivity contribution in [2.24, 2.45) is 0 Å². The molecule has 3 rings (SSSR count). The lowest BCUT2D eigenvalue weighted by atomic mass is 10.1. The largest absolute Gasteiger partial charge is 0.388 e. The van der Waals surface area contributed by atoms with Crippen molar-refractivity contribution >= 4 is 11.0 Å². The van der Waals surface area contributed by atoms with Gasteiger partial charge in [0.05, 0.1) is 23.7 Å². The van der Waals surface area contributed by atoms with Gasteiger partial charge in [0.2, 0.25) is 0 Å². The maximum Gasteiger partial charge on any atom is 0.135 e. The lowest BCUT2D eigenvalue weighted by molar-refractivity contribution is 0.149. The SMILES string of the molecule is OCc1nc2ccccc2n1C[C@@H](O)c1cc(F)ccc1F. The normalized spacial score (nSPS) is 12.7. The maximum absolute atomic E-state index is 13.7. The van der Waals surface area contributed by atoms with Crippen LogP contribution < -0.4 is 0 Å². The Labute approximate surface area is 125 Å². The van der Waals surface area contributed by atoms with Crippen molar-refractivity contribution in [3.8, 4) is 0 Å². The Morgan fingerprint density at radius 2 is 1.91 bits per heavy atom. The van der Waals surface area contributed by atoms with Gasteiger partial charge in [0.1, 0.15) is 24.1 Å². The van der Waals surface area contributed by atoms with E-state index < -0.39 is 17.7 Å². The molecule has 0 radical (unpaired) electrons. The summed E-state index contributed by atoms with van der Waals surface area (Å²) in [7, 11) is 0.